The normalized spacial score (nSPS) is 11.8. The minimum atomic E-state index is 0.617. The Kier molecular flexibility index (Phi) is 8.01. The Morgan fingerprint density at radius 2 is 0.905 bits per heavy atom. The van der Waals surface area contributed by atoms with Gasteiger partial charge in [-0.2, -0.15) is 0 Å². The third-order valence-electron chi connectivity index (χ3n) is 12.2. The summed E-state index contributed by atoms with van der Waals surface area (Å²) in [6, 6.07) is 72.8. The van der Waals surface area contributed by atoms with Crippen LogP contribution in [0.15, 0.2) is 211 Å². The van der Waals surface area contributed by atoms with Crippen LogP contribution in [0.3, 0.4) is 0 Å². The quantitative estimate of drug-likeness (QED) is 0.168. The predicted molar refractivity (Wildman–Crippen MR) is 262 cm³/mol. The highest BCUT2D eigenvalue weighted by Crippen LogP contribution is 2.44. The van der Waals surface area contributed by atoms with Gasteiger partial charge < -0.3 is 8.98 Å². The van der Waals surface area contributed by atoms with Gasteiger partial charge in [0.2, 0.25) is 0 Å². The van der Waals surface area contributed by atoms with Crippen LogP contribution in [-0.2, 0) is 0 Å². The molecule has 0 fully saturated rings. The van der Waals surface area contributed by atoms with Crippen molar-refractivity contribution in [3.63, 3.8) is 0 Å². The number of fused-ring (bicyclic) bond motifs is 10. The molecule has 4 heterocycles. The summed E-state index contributed by atoms with van der Waals surface area (Å²) >= 11 is 1.88. The number of furan rings is 1. The Balaban J connectivity index is 1.04. The molecule has 0 spiro atoms. The number of aromatic nitrogens is 4. The standard InChI is InChI=1S/C57H34N4OS/c1-3-14-35(15-4-1)55-58-56(36-16-5-2-6-17-36)60-57(59-55)39-19-13-18-37(30-39)40-31-41(38-26-27-44-43-20-8-11-24-50(43)62-51(44)34-38)33-42(32-40)61-48-23-10-7-22-47(48)53-49(61)29-28-46-45-21-9-12-25-52(45)63-54(46)53/h1-34H. The monoisotopic (exact) mass is 822 g/mol. The number of rotatable bonds is 6. The summed E-state index contributed by atoms with van der Waals surface area (Å²) in [5.41, 5.74) is 12.2. The van der Waals surface area contributed by atoms with Crippen LogP contribution in [0.1, 0.15) is 0 Å². The minimum Gasteiger partial charge on any atom is -0.456 e. The summed E-state index contributed by atoms with van der Waals surface area (Å²) in [5, 5.41) is 7.33. The predicted octanol–water partition coefficient (Wildman–Crippen LogP) is 15.6. The molecule has 63 heavy (non-hydrogen) atoms. The molecule has 0 bridgehead atoms. The van der Waals surface area contributed by atoms with Crippen molar-refractivity contribution in [2.45, 2.75) is 0 Å². The number of thiophene rings is 1. The van der Waals surface area contributed by atoms with Gasteiger partial charge in [-0.3, -0.25) is 0 Å². The van der Waals surface area contributed by atoms with E-state index in [1.165, 1.54) is 36.5 Å². The topological polar surface area (TPSA) is 56.7 Å². The first-order chi connectivity index (χ1) is 31.2. The highest BCUT2D eigenvalue weighted by molar-refractivity contribution is 7.26. The Labute approximate surface area is 365 Å². The lowest BCUT2D eigenvalue weighted by Gasteiger charge is -2.15. The molecule has 4 aromatic heterocycles. The van der Waals surface area contributed by atoms with E-state index in [1.807, 2.05) is 84.1 Å². The highest BCUT2D eigenvalue weighted by atomic mass is 32.1. The van der Waals surface area contributed by atoms with E-state index in [1.54, 1.807) is 0 Å². The fourth-order valence-corrected chi connectivity index (χ4v) is 10.5. The molecule has 0 saturated carbocycles. The van der Waals surface area contributed by atoms with E-state index in [0.29, 0.717) is 17.5 Å². The van der Waals surface area contributed by atoms with E-state index in [-0.39, 0.29) is 0 Å². The molecule has 6 heteroatoms. The Hall–Kier alpha value is -8.19. The van der Waals surface area contributed by atoms with E-state index < -0.39 is 0 Å². The fourth-order valence-electron chi connectivity index (χ4n) is 9.27. The van der Waals surface area contributed by atoms with Crippen molar-refractivity contribution in [3.05, 3.63) is 206 Å². The molecule has 13 rings (SSSR count). The van der Waals surface area contributed by atoms with Crippen molar-refractivity contribution in [3.8, 4) is 62.1 Å². The van der Waals surface area contributed by atoms with Crippen LogP contribution >= 0.6 is 11.3 Å². The van der Waals surface area contributed by atoms with E-state index in [9.17, 15) is 0 Å². The van der Waals surface area contributed by atoms with Crippen molar-refractivity contribution in [1.29, 1.82) is 0 Å². The SMILES string of the molecule is c1ccc(-c2nc(-c3ccccc3)nc(-c3cccc(-c4cc(-c5ccc6c(c5)oc5ccccc56)cc(-n5c6ccccc6c6c7sc8ccccc8c7ccc65)c4)c3)n2)cc1. The third kappa shape index (κ3) is 5.87. The zero-order chi connectivity index (χ0) is 41.4. The van der Waals surface area contributed by atoms with Crippen LogP contribution in [0.2, 0.25) is 0 Å². The summed E-state index contributed by atoms with van der Waals surface area (Å²) in [6.07, 6.45) is 0. The van der Waals surface area contributed by atoms with Gasteiger partial charge in [-0.15, -0.1) is 11.3 Å². The van der Waals surface area contributed by atoms with Gasteiger partial charge in [0.15, 0.2) is 17.5 Å². The molecule has 0 aliphatic rings. The molecule has 294 valence electrons. The van der Waals surface area contributed by atoms with Gasteiger partial charge in [-0.1, -0.05) is 146 Å². The molecule has 13 aromatic rings. The van der Waals surface area contributed by atoms with Crippen LogP contribution in [0, 0.1) is 0 Å². The van der Waals surface area contributed by atoms with Crippen molar-refractivity contribution in [2.75, 3.05) is 0 Å². The molecule has 0 aliphatic carbocycles. The van der Waals surface area contributed by atoms with Crippen molar-refractivity contribution in [1.82, 2.24) is 19.5 Å². The van der Waals surface area contributed by atoms with Crippen molar-refractivity contribution < 1.29 is 4.42 Å². The average molecular weight is 823 g/mol. The first-order valence-electron chi connectivity index (χ1n) is 21.1. The highest BCUT2D eigenvalue weighted by Gasteiger charge is 2.20. The van der Waals surface area contributed by atoms with Crippen LogP contribution in [0.5, 0.6) is 0 Å². The number of nitrogens with zero attached hydrogens (tertiary/aromatic N) is 4. The second-order valence-electron chi connectivity index (χ2n) is 16.0. The molecular formula is C57H34N4OS. The molecule has 5 nitrogen and oxygen atoms in total. The summed E-state index contributed by atoms with van der Waals surface area (Å²) in [4.78, 5) is 15.1. The van der Waals surface area contributed by atoms with Crippen LogP contribution in [0.25, 0.3) is 126 Å². The average Bonchev–Trinajstić information content (AvgIpc) is 4.04. The lowest BCUT2D eigenvalue weighted by atomic mass is 9.96. The van der Waals surface area contributed by atoms with Gasteiger partial charge in [-0.05, 0) is 82.9 Å². The molecule has 9 aromatic carbocycles. The van der Waals surface area contributed by atoms with Crippen molar-refractivity contribution >= 4 is 75.3 Å². The van der Waals surface area contributed by atoms with Crippen molar-refractivity contribution in [2.24, 2.45) is 0 Å². The van der Waals surface area contributed by atoms with Crippen LogP contribution < -0.4 is 0 Å². The smallest absolute Gasteiger partial charge is 0.164 e. The van der Waals surface area contributed by atoms with Crippen LogP contribution in [0.4, 0.5) is 0 Å². The molecular weight excluding hydrogens is 789 g/mol. The maximum absolute atomic E-state index is 6.44. The van der Waals surface area contributed by atoms with Gasteiger partial charge in [0.1, 0.15) is 11.2 Å². The maximum atomic E-state index is 6.44. The first-order valence-corrected chi connectivity index (χ1v) is 21.9. The van der Waals surface area contributed by atoms with E-state index >= 15 is 0 Å². The molecule has 0 N–H and O–H groups in total. The van der Waals surface area contributed by atoms with Gasteiger partial charge in [0.25, 0.3) is 0 Å². The van der Waals surface area contributed by atoms with Crippen LogP contribution in [-0.4, -0.2) is 19.5 Å². The molecule has 0 radical (unpaired) electrons. The Morgan fingerprint density at radius 3 is 1.67 bits per heavy atom. The summed E-state index contributed by atoms with van der Waals surface area (Å²) in [6.45, 7) is 0. The summed E-state index contributed by atoms with van der Waals surface area (Å²) < 4.78 is 11.5. The zero-order valence-electron chi connectivity index (χ0n) is 33.7. The minimum absolute atomic E-state index is 0.617. The zero-order valence-corrected chi connectivity index (χ0v) is 34.6. The first kappa shape index (κ1) is 35.6. The number of para-hydroxylation sites is 2. The number of hydrogen-bond donors (Lipinski definition) is 0. The molecule has 0 unspecified atom stereocenters. The van der Waals surface area contributed by atoms with E-state index in [2.05, 4.69) is 138 Å². The Bertz CT molecular complexity index is 3860. The second-order valence-corrected chi connectivity index (χ2v) is 17.0. The largest absolute Gasteiger partial charge is 0.456 e. The summed E-state index contributed by atoms with van der Waals surface area (Å²) in [7, 11) is 0. The Morgan fingerprint density at radius 1 is 0.349 bits per heavy atom. The molecule has 0 aliphatic heterocycles. The molecule has 0 saturated heterocycles. The fraction of sp³-hybridized carbons (Fsp3) is 0. The number of hydrogen-bond acceptors (Lipinski definition) is 5. The lowest BCUT2D eigenvalue weighted by Crippen LogP contribution is -2.00. The second kappa shape index (κ2) is 14.2. The third-order valence-corrected chi connectivity index (χ3v) is 13.4. The van der Waals surface area contributed by atoms with E-state index in [0.717, 1.165) is 72.1 Å². The number of benzene rings is 9. The summed E-state index contributed by atoms with van der Waals surface area (Å²) in [5.74, 6) is 1.88. The van der Waals surface area contributed by atoms with Gasteiger partial charge in [-0.25, -0.2) is 15.0 Å². The molecule has 0 amide bonds. The van der Waals surface area contributed by atoms with E-state index in [4.69, 9.17) is 19.4 Å². The lowest BCUT2D eigenvalue weighted by molar-refractivity contribution is 0.669. The van der Waals surface area contributed by atoms with Gasteiger partial charge in [0.05, 0.1) is 11.0 Å². The maximum Gasteiger partial charge on any atom is 0.164 e. The van der Waals surface area contributed by atoms with Gasteiger partial charge in [0, 0.05) is 64.1 Å². The van der Waals surface area contributed by atoms with Gasteiger partial charge >= 0.3 is 0 Å². The molecule has 0 atom stereocenters.